The Kier molecular flexibility index (Phi) is 5.71. The molecule has 0 aromatic heterocycles. The number of carboxylic acid groups (broad SMARTS) is 1. The van der Waals surface area contributed by atoms with Crippen LogP contribution in [0.2, 0.25) is 0 Å². The molecule has 4 aromatic rings. The quantitative estimate of drug-likeness (QED) is 0.375. The molecule has 0 aliphatic rings. The number of carbonyl (C=O) groups excluding carboxylic acids is 1. The van der Waals surface area contributed by atoms with E-state index < -0.39 is 5.97 Å². The van der Waals surface area contributed by atoms with Crippen molar-refractivity contribution in [3.05, 3.63) is 108 Å². The smallest absolute Gasteiger partial charge is 0.129 e. The van der Waals surface area contributed by atoms with Gasteiger partial charge in [-0.1, -0.05) is 72.8 Å². The average Bonchev–Trinajstić information content (AvgIpc) is 2.79. The fourth-order valence-electron chi connectivity index (χ4n) is 3.12. The van der Waals surface area contributed by atoms with Crippen molar-refractivity contribution in [1.82, 2.24) is 0 Å². The molecule has 4 aromatic carbocycles. The average molecular weight is 395 g/mol. The number of hydrogen-bond donors (Lipinski definition) is 1. The Bertz CT molecular complexity index is 1190. The highest BCUT2D eigenvalue weighted by Crippen LogP contribution is 2.27. The molecule has 1 N–H and O–H groups in total. The van der Waals surface area contributed by atoms with Gasteiger partial charge in [0.05, 0.1) is 17.9 Å². The van der Waals surface area contributed by atoms with E-state index in [4.69, 9.17) is 4.74 Å². The van der Waals surface area contributed by atoms with Crippen LogP contribution in [0.3, 0.4) is 0 Å². The predicted molar refractivity (Wildman–Crippen MR) is 117 cm³/mol. The van der Waals surface area contributed by atoms with Gasteiger partial charge in [-0.3, -0.25) is 5.43 Å². The third-order valence-corrected chi connectivity index (χ3v) is 4.68. The fourth-order valence-corrected chi connectivity index (χ4v) is 3.12. The molecule has 0 radical (unpaired) electrons. The second-order valence-corrected chi connectivity index (χ2v) is 6.71. The van der Waals surface area contributed by atoms with Gasteiger partial charge in [0.2, 0.25) is 0 Å². The van der Waals surface area contributed by atoms with Crippen LogP contribution in [0.5, 0.6) is 5.75 Å². The van der Waals surface area contributed by atoms with E-state index in [2.05, 4.69) is 10.5 Å². The monoisotopic (exact) mass is 395 g/mol. The van der Waals surface area contributed by atoms with Crippen molar-refractivity contribution in [2.45, 2.75) is 6.61 Å². The molecule has 0 aliphatic heterocycles. The number of carboxylic acids is 1. The lowest BCUT2D eigenvalue weighted by Gasteiger charge is -2.12. The maximum atomic E-state index is 10.9. The topological polar surface area (TPSA) is 73.8 Å². The molecule has 5 heteroatoms. The highest BCUT2D eigenvalue weighted by Gasteiger charge is 2.07. The molecular formula is C25H19N2O3-. The Morgan fingerprint density at radius 1 is 0.900 bits per heavy atom. The van der Waals surface area contributed by atoms with Crippen LogP contribution in [0.25, 0.3) is 10.8 Å². The molecule has 0 saturated carbocycles. The maximum absolute atomic E-state index is 10.9. The molecule has 0 heterocycles. The van der Waals surface area contributed by atoms with Gasteiger partial charge < -0.3 is 14.6 Å². The summed E-state index contributed by atoms with van der Waals surface area (Å²) in [5.74, 6) is -0.476. The summed E-state index contributed by atoms with van der Waals surface area (Å²) in [6.07, 6.45) is 1.72. The molecule has 0 spiro atoms. The van der Waals surface area contributed by atoms with E-state index in [-0.39, 0.29) is 5.56 Å². The van der Waals surface area contributed by atoms with E-state index in [0.717, 1.165) is 27.6 Å². The predicted octanol–water partition coefficient (Wildman–Crippen LogP) is 4.23. The molecule has 0 amide bonds. The van der Waals surface area contributed by atoms with Gasteiger partial charge in [0, 0.05) is 5.56 Å². The van der Waals surface area contributed by atoms with Crippen LogP contribution < -0.4 is 15.3 Å². The van der Waals surface area contributed by atoms with E-state index in [0.29, 0.717) is 12.3 Å². The van der Waals surface area contributed by atoms with Crippen LogP contribution >= 0.6 is 0 Å². The molecule has 0 saturated heterocycles. The Morgan fingerprint density at radius 2 is 1.63 bits per heavy atom. The van der Waals surface area contributed by atoms with Crippen molar-refractivity contribution in [2.24, 2.45) is 5.10 Å². The normalized spacial score (nSPS) is 10.9. The number of rotatable bonds is 7. The molecule has 148 valence electrons. The van der Waals surface area contributed by atoms with E-state index in [1.54, 1.807) is 18.3 Å². The van der Waals surface area contributed by atoms with Crippen molar-refractivity contribution in [3.8, 4) is 5.75 Å². The van der Waals surface area contributed by atoms with Crippen LogP contribution in [0, 0.1) is 0 Å². The molecular weight excluding hydrogens is 376 g/mol. The molecule has 4 rings (SSSR count). The summed E-state index contributed by atoms with van der Waals surface area (Å²) in [5.41, 5.74) is 5.66. The molecule has 0 atom stereocenters. The minimum atomic E-state index is -1.21. The summed E-state index contributed by atoms with van der Waals surface area (Å²) < 4.78 is 6.08. The summed E-state index contributed by atoms with van der Waals surface area (Å²) >= 11 is 0. The van der Waals surface area contributed by atoms with Gasteiger partial charge in [-0.2, -0.15) is 5.10 Å². The number of ether oxygens (including phenoxy) is 1. The minimum Gasteiger partial charge on any atom is -0.545 e. The second kappa shape index (κ2) is 8.92. The maximum Gasteiger partial charge on any atom is 0.129 e. The number of fused-ring (bicyclic) bond motifs is 1. The van der Waals surface area contributed by atoms with Crippen molar-refractivity contribution < 1.29 is 14.6 Å². The molecule has 0 bridgehead atoms. The van der Waals surface area contributed by atoms with Crippen LogP contribution in [-0.4, -0.2) is 12.2 Å². The van der Waals surface area contributed by atoms with E-state index in [1.807, 2.05) is 66.7 Å². The zero-order chi connectivity index (χ0) is 20.8. The van der Waals surface area contributed by atoms with Gasteiger partial charge in [-0.25, -0.2) is 0 Å². The van der Waals surface area contributed by atoms with E-state index in [9.17, 15) is 9.90 Å². The van der Waals surface area contributed by atoms with Gasteiger partial charge in [0.1, 0.15) is 12.4 Å². The van der Waals surface area contributed by atoms with Gasteiger partial charge in [0.25, 0.3) is 0 Å². The van der Waals surface area contributed by atoms with Crippen molar-refractivity contribution in [1.29, 1.82) is 0 Å². The standard InChI is InChI=1S/C25H20N2O3/c28-25(29)20-10-13-21(14-11-20)27-26-16-23-22-9-5-4-8-19(22)12-15-24(23)30-17-18-6-2-1-3-7-18/h1-16,27H,17H2,(H,28,29)/p-1/b26-16-. The lowest BCUT2D eigenvalue weighted by Crippen LogP contribution is -2.21. The summed E-state index contributed by atoms with van der Waals surface area (Å²) in [6, 6.07) is 28.2. The fraction of sp³-hybridized carbons (Fsp3) is 0.0400. The van der Waals surface area contributed by atoms with Gasteiger partial charge in [-0.15, -0.1) is 0 Å². The third-order valence-electron chi connectivity index (χ3n) is 4.68. The lowest BCUT2D eigenvalue weighted by molar-refractivity contribution is -0.255. The SMILES string of the molecule is O=C([O-])c1ccc(N/N=C\c2c(OCc3ccccc3)ccc3ccccc23)cc1. The minimum absolute atomic E-state index is 0.121. The third kappa shape index (κ3) is 4.47. The number of hydrazone groups is 1. The van der Waals surface area contributed by atoms with Gasteiger partial charge in [0.15, 0.2) is 0 Å². The van der Waals surface area contributed by atoms with Crippen LogP contribution in [0.1, 0.15) is 21.5 Å². The Hall–Kier alpha value is -4.12. The molecule has 30 heavy (non-hydrogen) atoms. The lowest BCUT2D eigenvalue weighted by atomic mass is 10.0. The zero-order valence-corrected chi connectivity index (χ0v) is 16.1. The first-order valence-corrected chi connectivity index (χ1v) is 9.50. The van der Waals surface area contributed by atoms with Crippen molar-refractivity contribution in [2.75, 3.05) is 5.43 Å². The van der Waals surface area contributed by atoms with Crippen LogP contribution in [0.15, 0.2) is 96.1 Å². The van der Waals surface area contributed by atoms with Crippen LogP contribution in [-0.2, 0) is 6.61 Å². The molecule has 0 unspecified atom stereocenters. The van der Waals surface area contributed by atoms with Gasteiger partial charge in [-0.05, 0) is 40.1 Å². The first-order chi connectivity index (χ1) is 14.7. The highest BCUT2D eigenvalue weighted by molar-refractivity contribution is 6.02. The summed E-state index contributed by atoms with van der Waals surface area (Å²) in [7, 11) is 0. The molecule has 0 fully saturated rings. The number of aromatic carboxylic acids is 1. The number of nitrogens with zero attached hydrogens (tertiary/aromatic N) is 1. The van der Waals surface area contributed by atoms with E-state index in [1.165, 1.54) is 12.1 Å². The second-order valence-electron chi connectivity index (χ2n) is 6.71. The number of anilines is 1. The summed E-state index contributed by atoms with van der Waals surface area (Å²) in [6.45, 7) is 0.456. The van der Waals surface area contributed by atoms with E-state index >= 15 is 0 Å². The number of nitrogens with one attached hydrogen (secondary N) is 1. The largest absolute Gasteiger partial charge is 0.545 e. The Morgan fingerprint density at radius 3 is 2.40 bits per heavy atom. The first-order valence-electron chi connectivity index (χ1n) is 9.50. The summed E-state index contributed by atoms with van der Waals surface area (Å²) in [4.78, 5) is 10.9. The number of carbonyl (C=O) groups is 1. The zero-order valence-electron chi connectivity index (χ0n) is 16.1. The molecule has 5 nitrogen and oxygen atoms in total. The Balaban J connectivity index is 1.58. The first kappa shape index (κ1) is 19.2. The highest BCUT2D eigenvalue weighted by atomic mass is 16.5. The van der Waals surface area contributed by atoms with Crippen molar-refractivity contribution >= 4 is 28.6 Å². The van der Waals surface area contributed by atoms with Crippen LogP contribution in [0.4, 0.5) is 5.69 Å². The van der Waals surface area contributed by atoms with Crippen molar-refractivity contribution in [3.63, 3.8) is 0 Å². The number of hydrogen-bond acceptors (Lipinski definition) is 5. The Labute approximate surface area is 174 Å². The number of benzene rings is 4. The van der Waals surface area contributed by atoms with Gasteiger partial charge >= 0.3 is 0 Å². The molecule has 0 aliphatic carbocycles. The summed E-state index contributed by atoms with van der Waals surface area (Å²) in [5, 5.41) is 17.3.